The zero-order valence-electron chi connectivity index (χ0n) is 33.4. The average Bonchev–Trinajstić information content (AvgIpc) is 3.16. The molecule has 4 aromatic carbocycles. The number of aliphatic hydroxyl groups is 1. The Bertz CT molecular complexity index is 2510. The number of carboxylic acid groups (broad SMARTS) is 1. The number of aromatic hydroxyl groups is 2. The van der Waals surface area contributed by atoms with Crippen LogP contribution < -0.4 is 14.2 Å². The van der Waals surface area contributed by atoms with Crippen LogP contribution in [-0.4, -0.2) is 62.8 Å². The fraction of sp³-hybridized carbons (Fsp3) is 0.250. The van der Waals surface area contributed by atoms with Crippen molar-refractivity contribution in [3.63, 3.8) is 0 Å². The molecule has 1 aliphatic rings. The summed E-state index contributed by atoms with van der Waals surface area (Å²) in [5.74, 6) is -5.51. The Labute approximate surface area is 342 Å². The predicted molar refractivity (Wildman–Crippen MR) is 215 cm³/mol. The maximum absolute atomic E-state index is 14.0. The molecule has 0 aromatic heterocycles. The first-order chi connectivity index (χ1) is 27.1. The van der Waals surface area contributed by atoms with Crippen LogP contribution in [0.25, 0.3) is 11.1 Å². The summed E-state index contributed by atoms with van der Waals surface area (Å²) in [7, 11) is 1.18. The molecule has 0 heterocycles. The number of ether oxygens (including phenoxy) is 4. The Balaban J connectivity index is 1.47. The van der Waals surface area contributed by atoms with Crippen molar-refractivity contribution in [2.45, 2.75) is 67.9 Å². The van der Waals surface area contributed by atoms with Crippen molar-refractivity contribution in [3.8, 4) is 39.9 Å². The Kier molecular flexibility index (Phi) is 11.8. The quantitative estimate of drug-likeness (QED) is 0.0938. The minimum atomic E-state index is -2.44. The van der Waals surface area contributed by atoms with Gasteiger partial charge in [-0.15, -0.1) is 0 Å². The van der Waals surface area contributed by atoms with Gasteiger partial charge in [0.2, 0.25) is 5.60 Å². The second-order valence-corrected chi connectivity index (χ2v) is 14.9. The van der Waals surface area contributed by atoms with Crippen molar-refractivity contribution >= 4 is 45.6 Å². The van der Waals surface area contributed by atoms with Gasteiger partial charge in [0.1, 0.15) is 38.8 Å². The molecule has 1 atom stereocenters. The summed E-state index contributed by atoms with van der Waals surface area (Å²) in [6, 6.07) is 7.51. The lowest BCUT2D eigenvalue weighted by Crippen LogP contribution is -2.47. The number of carbonyl (C=O) groups is 5. The summed E-state index contributed by atoms with van der Waals surface area (Å²) in [6.07, 6.45) is 2.02. The van der Waals surface area contributed by atoms with Crippen LogP contribution >= 0.6 is 15.9 Å². The third-order valence-corrected chi connectivity index (χ3v) is 11.4. The van der Waals surface area contributed by atoms with Crippen LogP contribution in [0.1, 0.15) is 82.5 Å². The molecule has 0 aliphatic heterocycles. The van der Waals surface area contributed by atoms with Crippen molar-refractivity contribution in [3.05, 3.63) is 119 Å². The number of aromatic carboxylic acids is 1. The van der Waals surface area contributed by atoms with E-state index < -0.39 is 41.0 Å². The minimum Gasteiger partial charge on any atom is -0.508 e. The number of aryl methyl sites for hydroxylation is 1. The molecule has 4 aromatic rings. The number of benzene rings is 4. The number of ketones is 1. The number of phenolic OH excluding ortho intramolecular Hbond substituents is 2. The summed E-state index contributed by atoms with van der Waals surface area (Å²) in [5, 5.41) is 42.6. The largest absolute Gasteiger partial charge is 0.508 e. The zero-order chi connectivity index (χ0) is 43.3. The molecule has 0 radical (unpaired) electrons. The van der Waals surface area contributed by atoms with Crippen LogP contribution in [0.5, 0.6) is 28.7 Å². The van der Waals surface area contributed by atoms with Crippen molar-refractivity contribution in [1.82, 2.24) is 0 Å². The Morgan fingerprint density at radius 3 is 1.81 bits per heavy atom. The summed E-state index contributed by atoms with van der Waals surface area (Å²) in [6.45, 7) is 14.2. The fourth-order valence-corrected chi connectivity index (χ4v) is 7.58. The molecule has 0 amide bonds. The van der Waals surface area contributed by atoms with Crippen molar-refractivity contribution in [1.29, 1.82) is 0 Å². The molecule has 0 saturated heterocycles. The highest BCUT2D eigenvalue weighted by molar-refractivity contribution is 9.10. The lowest BCUT2D eigenvalue weighted by molar-refractivity contribution is -0.151. The van der Waals surface area contributed by atoms with Crippen LogP contribution in [0.2, 0.25) is 0 Å². The normalized spacial score (nSPS) is 15.0. The maximum atomic E-state index is 14.0. The fourth-order valence-electron chi connectivity index (χ4n) is 7.01. The van der Waals surface area contributed by atoms with Crippen molar-refractivity contribution in [2.24, 2.45) is 0 Å². The third kappa shape index (κ3) is 7.24. The van der Waals surface area contributed by atoms with E-state index in [9.17, 15) is 44.4 Å². The summed E-state index contributed by atoms with van der Waals surface area (Å²) in [4.78, 5) is 65.6. The number of allylic oxidation sites excluding steroid dienone is 2. The molecule has 13 nitrogen and oxygen atoms in total. The highest BCUT2D eigenvalue weighted by Gasteiger charge is 2.48. The highest BCUT2D eigenvalue weighted by atomic mass is 79.9. The highest BCUT2D eigenvalue weighted by Crippen LogP contribution is 2.45. The Morgan fingerprint density at radius 2 is 1.22 bits per heavy atom. The van der Waals surface area contributed by atoms with E-state index in [2.05, 4.69) is 15.9 Å². The predicted octanol–water partition coefficient (Wildman–Crippen LogP) is 7.83. The summed E-state index contributed by atoms with van der Waals surface area (Å²) < 4.78 is 22.3. The number of halogens is 1. The van der Waals surface area contributed by atoms with Crippen LogP contribution in [0.4, 0.5) is 0 Å². The molecule has 0 bridgehead atoms. The van der Waals surface area contributed by atoms with E-state index in [1.807, 2.05) is 0 Å². The Hall–Kier alpha value is -6.25. The number of hydrogen-bond donors (Lipinski definition) is 4. The zero-order valence-corrected chi connectivity index (χ0v) is 35.0. The van der Waals surface area contributed by atoms with Gasteiger partial charge in [-0.2, -0.15) is 0 Å². The average molecular weight is 858 g/mol. The molecule has 1 aliphatic carbocycles. The first-order valence-electron chi connectivity index (χ1n) is 17.7. The smallest absolute Gasteiger partial charge is 0.356 e. The first-order valence-corrected chi connectivity index (χ1v) is 18.5. The van der Waals surface area contributed by atoms with Crippen LogP contribution in [0.15, 0.2) is 58.3 Å². The number of methoxy groups -OCH3 is 1. The van der Waals surface area contributed by atoms with Crippen LogP contribution in [0, 0.1) is 55.4 Å². The lowest BCUT2D eigenvalue weighted by atomic mass is 9.87. The van der Waals surface area contributed by atoms with Gasteiger partial charge >= 0.3 is 23.9 Å². The molecule has 4 N–H and O–H groups in total. The monoisotopic (exact) mass is 856 g/mol. The second-order valence-electron chi connectivity index (χ2n) is 14.1. The van der Waals surface area contributed by atoms with E-state index in [0.717, 1.165) is 12.2 Å². The van der Waals surface area contributed by atoms with Crippen LogP contribution in [-0.2, 0) is 14.3 Å². The van der Waals surface area contributed by atoms with E-state index in [1.165, 1.54) is 46.1 Å². The standard InChI is InChI=1S/C44H41BrO13/c1-18-15-30(56-42(52)35-23(6)25(8)39(36(45)37(35)48)58-43(53)44(54)19(2)16-29(47)17-31(44)55-10)20(3)21(4)32(18)41(51)57-38-24(7)22(5)34(40(49)50)33(26(38)9)27-11-13-28(46)14-12-27/h11-17,46,48,54H,1-10H3,(H,49,50)/t44-/m1/s1. The number of hydrogen-bond acceptors (Lipinski definition) is 12. The molecule has 58 heavy (non-hydrogen) atoms. The SMILES string of the molecule is COC1=CC(=O)C=C(C)[C@]1(O)C(=O)Oc1c(C)c(C)c(C(=O)Oc2cc(C)c(C(=O)Oc3c(C)c(C)c(C(=O)O)c(-c4ccc(O)cc4)c3C)c(C)c2C)c(O)c1Br. The van der Waals surface area contributed by atoms with Gasteiger partial charge < -0.3 is 39.4 Å². The van der Waals surface area contributed by atoms with Gasteiger partial charge in [-0.1, -0.05) is 12.1 Å². The number of carbonyl (C=O) groups excluding carboxylic acids is 4. The first kappa shape index (κ1) is 42.9. The summed E-state index contributed by atoms with van der Waals surface area (Å²) in [5.41, 5.74) is 1.20. The van der Waals surface area contributed by atoms with Crippen molar-refractivity contribution in [2.75, 3.05) is 7.11 Å². The van der Waals surface area contributed by atoms with Gasteiger partial charge in [0, 0.05) is 17.2 Å². The molecule has 0 fully saturated rings. The lowest BCUT2D eigenvalue weighted by Gasteiger charge is -2.30. The van der Waals surface area contributed by atoms with E-state index in [0.29, 0.717) is 44.5 Å². The topological polar surface area (TPSA) is 203 Å². The molecule has 14 heteroatoms. The van der Waals surface area contributed by atoms with E-state index >= 15 is 0 Å². The van der Waals surface area contributed by atoms with Gasteiger partial charge in [0.25, 0.3) is 0 Å². The molecule has 0 saturated carbocycles. The maximum Gasteiger partial charge on any atom is 0.356 e. The third-order valence-electron chi connectivity index (χ3n) is 10.7. The number of carboxylic acids is 1. The number of esters is 3. The van der Waals surface area contributed by atoms with E-state index in [4.69, 9.17) is 18.9 Å². The van der Waals surface area contributed by atoms with Gasteiger partial charge in [-0.3, -0.25) is 4.79 Å². The number of rotatable bonds is 9. The molecule has 302 valence electrons. The Morgan fingerprint density at radius 1 is 0.672 bits per heavy atom. The van der Waals surface area contributed by atoms with Gasteiger partial charge in [0.15, 0.2) is 11.5 Å². The van der Waals surface area contributed by atoms with Gasteiger partial charge in [-0.25, -0.2) is 19.2 Å². The second kappa shape index (κ2) is 15.9. The minimum absolute atomic E-state index is 0.000261. The van der Waals surface area contributed by atoms with Crippen LogP contribution in [0.3, 0.4) is 0 Å². The molecule has 5 rings (SSSR count). The molecule has 0 spiro atoms. The van der Waals surface area contributed by atoms with E-state index in [1.54, 1.807) is 53.7 Å². The van der Waals surface area contributed by atoms with Crippen molar-refractivity contribution < 1.29 is 63.3 Å². The summed E-state index contributed by atoms with van der Waals surface area (Å²) >= 11 is 3.21. The molecule has 0 unspecified atom stereocenters. The molecular formula is C44H41BrO13. The molecular weight excluding hydrogens is 816 g/mol. The van der Waals surface area contributed by atoms with E-state index in [-0.39, 0.29) is 66.6 Å². The van der Waals surface area contributed by atoms with Gasteiger partial charge in [-0.05, 0) is 153 Å². The number of phenols is 2. The van der Waals surface area contributed by atoms with Gasteiger partial charge in [0.05, 0.1) is 18.2 Å².